The molecular formula is C11H16O3. The zero-order chi connectivity index (χ0) is 10.4. The highest BCUT2D eigenvalue weighted by Crippen LogP contribution is 2.27. The van der Waals surface area contributed by atoms with E-state index in [4.69, 9.17) is 14.2 Å². The predicted molar refractivity (Wildman–Crippen MR) is 54.7 cm³/mol. The van der Waals surface area contributed by atoms with Crippen LogP contribution in [0, 0.1) is 0 Å². The quantitative estimate of drug-likeness (QED) is 0.677. The Balaban J connectivity index is 2.73. The van der Waals surface area contributed by atoms with E-state index in [1.54, 1.807) is 7.11 Å². The van der Waals surface area contributed by atoms with E-state index in [9.17, 15) is 0 Å². The van der Waals surface area contributed by atoms with Crippen molar-refractivity contribution in [1.82, 2.24) is 0 Å². The molecule has 3 nitrogen and oxygen atoms in total. The van der Waals surface area contributed by atoms with Crippen LogP contribution in [-0.4, -0.2) is 20.0 Å². The fourth-order valence-corrected chi connectivity index (χ4v) is 1.05. The summed E-state index contributed by atoms with van der Waals surface area (Å²) in [5.41, 5.74) is 0. The van der Waals surface area contributed by atoms with Gasteiger partial charge in [-0.25, -0.2) is 0 Å². The molecule has 0 aliphatic carbocycles. The Morgan fingerprint density at radius 3 is 2.43 bits per heavy atom. The van der Waals surface area contributed by atoms with Gasteiger partial charge in [0.1, 0.15) is 0 Å². The van der Waals surface area contributed by atoms with Gasteiger partial charge in [0, 0.05) is 7.11 Å². The van der Waals surface area contributed by atoms with Crippen molar-refractivity contribution in [2.45, 2.75) is 20.1 Å². The predicted octanol–water partition coefficient (Wildman–Crippen LogP) is 2.46. The lowest BCUT2D eigenvalue weighted by Crippen LogP contribution is -2.14. The van der Waals surface area contributed by atoms with Gasteiger partial charge in [0.05, 0.1) is 6.61 Å². The second-order valence-corrected chi connectivity index (χ2v) is 2.80. The summed E-state index contributed by atoms with van der Waals surface area (Å²) in [5.74, 6) is 1.46. The number of benzene rings is 1. The standard InChI is InChI=1S/C11H16O3/c1-4-13-10-7-5-6-8-11(10)14-9(2)12-3/h5-9H,4H2,1-3H3. The minimum Gasteiger partial charge on any atom is -0.490 e. The lowest BCUT2D eigenvalue weighted by atomic mass is 10.3. The normalized spacial score (nSPS) is 12.2. The van der Waals surface area contributed by atoms with Crippen LogP contribution in [0.4, 0.5) is 0 Å². The molecule has 0 fully saturated rings. The molecular weight excluding hydrogens is 180 g/mol. The first-order valence-electron chi connectivity index (χ1n) is 4.69. The second kappa shape index (κ2) is 5.50. The van der Waals surface area contributed by atoms with E-state index in [-0.39, 0.29) is 6.29 Å². The van der Waals surface area contributed by atoms with Crippen molar-refractivity contribution >= 4 is 0 Å². The van der Waals surface area contributed by atoms with Crippen molar-refractivity contribution in [2.75, 3.05) is 13.7 Å². The molecule has 14 heavy (non-hydrogen) atoms. The summed E-state index contributed by atoms with van der Waals surface area (Å²) < 4.78 is 15.9. The number of hydrogen-bond acceptors (Lipinski definition) is 3. The Hall–Kier alpha value is -1.22. The van der Waals surface area contributed by atoms with Gasteiger partial charge in [-0.2, -0.15) is 0 Å². The largest absolute Gasteiger partial charge is 0.490 e. The van der Waals surface area contributed by atoms with Gasteiger partial charge in [-0.1, -0.05) is 12.1 Å². The molecule has 1 unspecified atom stereocenters. The average molecular weight is 196 g/mol. The van der Waals surface area contributed by atoms with Crippen LogP contribution in [0.25, 0.3) is 0 Å². The van der Waals surface area contributed by atoms with E-state index >= 15 is 0 Å². The first kappa shape index (κ1) is 10.9. The lowest BCUT2D eigenvalue weighted by Gasteiger charge is -2.15. The molecule has 0 bridgehead atoms. The maximum Gasteiger partial charge on any atom is 0.196 e. The molecule has 0 spiro atoms. The van der Waals surface area contributed by atoms with E-state index in [0.717, 1.165) is 5.75 Å². The SMILES string of the molecule is CCOc1ccccc1OC(C)OC. The van der Waals surface area contributed by atoms with Crippen molar-refractivity contribution in [3.05, 3.63) is 24.3 Å². The summed E-state index contributed by atoms with van der Waals surface area (Å²) in [4.78, 5) is 0. The van der Waals surface area contributed by atoms with Gasteiger partial charge in [0.25, 0.3) is 0 Å². The van der Waals surface area contributed by atoms with Crippen LogP contribution in [0.2, 0.25) is 0 Å². The summed E-state index contributed by atoms with van der Waals surface area (Å²) >= 11 is 0. The third-order valence-corrected chi connectivity index (χ3v) is 1.77. The first-order chi connectivity index (χ1) is 6.77. The Kier molecular flexibility index (Phi) is 4.26. The van der Waals surface area contributed by atoms with Crippen molar-refractivity contribution in [3.63, 3.8) is 0 Å². The molecule has 1 aromatic carbocycles. The Morgan fingerprint density at radius 2 is 1.86 bits per heavy atom. The first-order valence-corrected chi connectivity index (χ1v) is 4.69. The summed E-state index contributed by atoms with van der Waals surface area (Å²) in [7, 11) is 1.61. The smallest absolute Gasteiger partial charge is 0.196 e. The van der Waals surface area contributed by atoms with Gasteiger partial charge in [-0.05, 0) is 26.0 Å². The molecule has 0 saturated carbocycles. The third kappa shape index (κ3) is 2.92. The van der Waals surface area contributed by atoms with Crippen LogP contribution in [0.15, 0.2) is 24.3 Å². The van der Waals surface area contributed by atoms with Gasteiger partial charge in [-0.3, -0.25) is 0 Å². The van der Waals surface area contributed by atoms with Gasteiger partial charge in [0.2, 0.25) is 0 Å². The van der Waals surface area contributed by atoms with E-state index in [0.29, 0.717) is 12.4 Å². The van der Waals surface area contributed by atoms with E-state index in [1.165, 1.54) is 0 Å². The lowest BCUT2D eigenvalue weighted by molar-refractivity contribution is -0.0397. The van der Waals surface area contributed by atoms with Gasteiger partial charge < -0.3 is 14.2 Å². The summed E-state index contributed by atoms with van der Waals surface area (Å²) in [6.07, 6.45) is -0.267. The number of rotatable bonds is 5. The van der Waals surface area contributed by atoms with Crippen LogP contribution >= 0.6 is 0 Å². The highest BCUT2D eigenvalue weighted by Gasteiger charge is 2.06. The maximum absolute atomic E-state index is 5.50. The molecule has 0 radical (unpaired) electrons. The molecule has 0 saturated heterocycles. The molecule has 0 amide bonds. The summed E-state index contributed by atoms with van der Waals surface area (Å²) in [5, 5.41) is 0. The fraction of sp³-hybridized carbons (Fsp3) is 0.455. The van der Waals surface area contributed by atoms with Gasteiger partial charge in [-0.15, -0.1) is 0 Å². The molecule has 1 rings (SSSR count). The minimum absolute atomic E-state index is 0.267. The van der Waals surface area contributed by atoms with Crippen molar-refractivity contribution in [2.24, 2.45) is 0 Å². The van der Waals surface area contributed by atoms with E-state index in [1.807, 2.05) is 38.1 Å². The summed E-state index contributed by atoms with van der Waals surface area (Å²) in [6.45, 7) is 4.40. The number of methoxy groups -OCH3 is 1. The van der Waals surface area contributed by atoms with Crippen molar-refractivity contribution < 1.29 is 14.2 Å². The average Bonchev–Trinajstić information content (AvgIpc) is 2.21. The van der Waals surface area contributed by atoms with E-state index < -0.39 is 0 Å². The van der Waals surface area contributed by atoms with Gasteiger partial charge >= 0.3 is 0 Å². The molecule has 0 heterocycles. The van der Waals surface area contributed by atoms with Crippen LogP contribution < -0.4 is 9.47 Å². The van der Waals surface area contributed by atoms with Gasteiger partial charge in [0.15, 0.2) is 17.8 Å². The fourth-order valence-electron chi connectivity index (χ4n) is 1.05. The molecule has 0 aromatic heterocycles. The van der Waals surface area contributed by atoms with Crippen molar-refractivity contribution in [3.8, 4) is 11.5 Å². The van der Waals surface area contributed by atoms with Crippen LogP contribution in [0.1, 0.15) is 13.8 Å². The maximum atomic E-state index is 5.50. The molecule has 0 aliphatic heterocycles. The van der Waals surface area contributed by atoms with Crippen LogP contribution in [-0.2, 0) is 4.74 Å². The van der Waals surface area contributed by atoms with E-state index in [2.05, 4.69) is 0 Å². The number of ether oxygens (including phenoxy) is 3. The molecule has 1 aromatic rings. The zero-order valence-corrected chi connectivity index (χ0v) is 8.82. The molecule has 78 valence electrons. The zero-order valence-electron chi connectivity index (χ0n) is 8.82. The highest BCUT2D eigenvalue weighted by atomic mass is 16.7. The molecule has 0 aliphatic rings. The highest BCUT2D eigenvalue weighted by molar-refractivity contribution is 5.39. The minimum atomic E-state index is -0.267. The topological polar surface area (TPSA) is 27.7 Å². The monoisotopic (exact) mass is 196 g/mol. The Morgan fingerprint density at radius 1 is 1.21 bits per heavy atom. The van der Waals surface area contributed by atoms with Crippen LogP contribution in [0.5, 0.6) is 11.5 Å². The second-order valence-electron chi connectivity index (χ2n) is 2.80. The summed E-state index contributed by atoms with van der Waals surface area (Å²) in [6, 6.07) is 7.55. The molecule has 0 N–H and O–H groups in total. The molecule has 1 atom stereocenters. The Bertz CT molecular complexity index is 273. The number of hydrogen-bond donors (Lipinski definition) is 0. The van der Waals surface area contributed by atoms with Crippen LogP contribution in [0.3, 0.4) is 0 Å². The third-order valence-electron chi connectivity index (χ3n) is 1.77. The Labute approximate surface area is 84.6 Å². The number of para-hydroxylation sites is 2. The van der Waals surface area contributed by atoms with Crippen molar-refractivity contribution in [1.29, 1.82) is 0 Å². The molecule has 3 heteroatoms.